The molecular formula is C26H32N6O. The van der Waals surface area contributed by atoms with Crippen LogP contribution in [0, 0.1) is 0 Å². The number of hydrogen-bond donors (Lipinski definition) is 1. The second-order valence-electron chi connectivity index (χ2n) is 9.03. The quantitative estimate of drug-likeness (QED) is 0.606. The summed E-state index contributed by atoms with van der Waals surface area (Å²) in [6.45, 7) is 4.63. The average molecular weight is 445 g/mol. The smallest absolute Gasteiger partial charge is 0.226 e. The number of nitrogens with zero attached hydrogens (tertiary/aromatic N) is 5. The van der Waals surface area contributed by atoms with E-state index in [1.807, 2.05) is 41.4 Å². The predicted molar refractivity (Wildman–Crippen MR) is 129 cm³/mol. The van der Waals surface area contributed by atoms with Crippen molar-refractivity contribution in [2.45, 2.75) is 44.7 Å². The molecule has 2 aliphatic rings. The van der Waals surface area contributed by atoms with Gasteiger partial charge in [-0.05, 0) is 55.5 Å². The van der Waals surface area contributed by atoms with Crippen LogP contribution in [0.1, 0.15) is 36.9 Å². The summed E-state index contributed by atoms with van der Waals surface area (Å²) in [4.78, 5) is 18.5. The van der Waals surface area contributed by atoms with Gasteiger partial charge >= 0.3 is 0 Å². The maximum absolute atomic E-state index is 12.4. The van der Waals surface area contributed by atoms with Crippen LogP contribution in [0.2, 0.25) is 0 Å². The van der Waals surface area contributed by atoms with Crippen molar-refractivity contribution in [3.8, 4) is 5.69 Å². The molecule has 33 heavy (non-hydrogen) atoms. The molecule has 2 aromatic carbocycles. The van der Waals surface area contributed by atoms with Crippen molar-refractivity contribution in [1.29, 1.82) is 0 Å². The number of carbonyl (C=O) groups excluding carboxylic acids is 1. The number of hydrogen-bond acceptors (Lipinski definition) is 5. The van der Waals surface area contributed by atoms with Gasteiger partial charge in [-0.25, -0.2) is 0 Å². The molecule has 0 bridgehead atoms. The number of amides is 1. The second kappa shape index (κ2) is 10.2. The van der Waals surface area contributed by atoms with Crippen LogP contribution in [-0.4, -0.2) is 58.0 Å². The third kappa shape index (κ3) is 5.42. The molecule has 0 saturated carbocycles. The predicted octanol–water partition coefficient (Wildman–Crippen LogP) is 3.19. The molecule has 2 saturated heterocycles. The fourth-order valence-electron chi connectivity index (χ4n) is 4.73. The average Bonchev–Trinajstić information content (AvgIpc) is 3.57. The molecule has 0 unspecified atom stereocenters. The number of likely N-dealkylation sites (tertiary alicyclic amines) is 1. The lowest BCUT2D eigenvalue weighted by Gasteiger charge is -2.34. The molecule has 0 spiro atoms. The molecule has 172 valence electrons. The summed E-state index contributed by atoms with van der Waals surface area (Å²) >= 11 is 0. The summed E-state index contributed by atoms with van der Waals surface area (Å²) in [5, 5.41) is 12.6. The lowest BCUT2D eigenvalue weighted by Crippen LogP contribution is -2.42. The molecule has 3 aromatic rings. The van der Waals surface area contributed by atoms with E-state index >= 15 is 0 Å². The zero-order valence-electron chi connectivity index (χ0n) is 19.1. The van der Waals surface area contributed by atoms with Crippen LogP contribution in [0.25, 0.3) is 5.69 Å². The van der Waals surface area contributed by atoms with E-state index in [1.54, 1.807) is 4.80 Å². The summed E-state index contributed by atoms with van der Waals surface area (Å²) in [6, 6.07) is 19.0. The third-order valence-electron chi connectivity index (χ3n) is 6.71. The summed E-state index contributed by atoms with van der Waals surface area (Å²) in [6.07, 6.45) is 6.84. The van der Waals surface area contributed by atoms with Crippen LogP contribution in [-0.2, 0) is 17.8 Å². The van der Waals surface area contributed by atoms with E-state index < -0.39 is 0 Å². The van der Waals surface area contributed by atoms with E-state index in [9.17, 15) is 4.79 Å². The zero-order chi connectivity index (χ0) is 22.5. The SMILES string of the molecule is O=C(Cc1ccc(N2CCC(NCc3cnn(-c4ccccc4)n3)CC2)cc1)N1CCCC1. The highest BCUT2D eigenvalue weighted by Crippen LogP contribution is 2.21. The third-order valence-corrected chi connectivity index (χ3v) is 6.71. The first-order valence-corrected chi connectivity index (χ1v) is 12.1. The van der Waals surface area contributed by atoms with Crippen LogP contribution in [0.3, 0.4) is 0 Å². The Bertz CT molecular complexity index is 1030. The molecule has 0 radical (unpaired) electrons. The Balaban J connectivity index is 1.07. The van der Waals surface area contributed by atoms with Crippen molar-refractivity contribution in [1.82, 2.24) is 25.2 Å². The van der Waals surface area contributed by atoms with Gasteiger partial charge in [0.2, 0.25) is 5.91 Å². The van der Waals surface area contributed by atoms with Crippen LogP contribution in [0.15, 0.2) is 60.8 Å². The Morgan fingerprint density at radius 3 is 2.36 bits per heavy atom. The van der Waals surface area contributed by atoms with Crippen molar-refractivity contribution in [2.24, 2.45) is 0 Å². The number of para-hydroxylation sites is 1. The van der Waals surface area contributed by atoms with Gasteiger partial charge in [0, 0.05) is 44.5 Å². The number of benzene rings is 2. The van der Waals surface area contributed by atoms with Gasteiger partial charge in [0.05, 0.1) is 24.0 Å². The first-order chi connectivity index (χ1) is 16.2. The number of carbonyl (C=O) groups is 1. The molecular weight excluding hydrogens is 412 g/mol. The highest BCUT2D eigenvalue weighted by Gasteiger charge is 2.20. The Morgan fingerprint density at radius 2 is 1.64 bits per heavy atom. The minimum absolute atomic E-state index is 0.260. The van der Waals surface area contributed by atoms with E-state index in [4.69, 9.17) is 0 Å². The van der Waals surface area contributed by atoms with E-state index in [2.05, 4.69) is 44.7 Å². The number of rotatable bonds is 7. The van der Waals surface area contributed by atoms with Crippen molar-refractivity contribution in [2.75, 3.05) is 31.1 Å². The van der Waals surface area contributed by atoms with Gasteiger partial charge in [-0.3, -0.25) is 4.79 Å². The second-order valence-corrected chi connectivity index (χ2v) is 9.03. The highest BCUT2D eigenvalue weighted by molar-refractivity contribution is 5.79. The van der Waals surface area contributed by atoms with Gasteiger partial charge in [0.15, 0.2) is 0 Å². The Kier molecular flexibility index (Phi) is 6.67. The van der Waals surface area contributed by atoms with E-state index in [0.29, 0.717) is 12.5 Å². The molecule has 3 heterocycles. The summed E-state index contributed by atoms with van der Waals surface area (Å²) in [5.74, 6) is 0.260. The summed E-state index contributed by atoms with van der Waals surface area (Å²) < 4.78 is 0. The van der Waals surface area contributed by atoms with E-state index in [0.717, 1.165) is 75.4 Å². The van der Waals surface area contributed by atoms with E-state index in [-0.39, 0.29) is 5.91 Å². The normalized spacial score (nSPS) is 17.0. The molecule has 1 aromatic heterocycles. The summed E-state index contributed by atoms with van der Waals surface area (Å²) in [5.41, 5.74) is 4.29. The minimum atomic E-state index is 0.260. The van der Waals surface area contributed by atoms with E-state index in [1.165, 1.54) is 5.69 Å². The first-order valence-electron chi connectivity index (χ1n) is 12.1. The zero-order valence-corrected chi connectivity index (χ0v) is 19.1. The number of piperidine rings is 1. The fourth-order valence-corrected chi connectivity index (χ4v) is 4.73. The summed E-state index contributed by atoms with van der Waals surface area (Å²) in [7, 11) is 0. The molecule has 1 N–H and O–H groups in total. The number of aromatic nitrogens is 3. The Morgan fingerprint density at radius 1 is 0.909 bits per heavy atom. The molecule has 2 aliphatic heterocycles. The Labute approximate surface area is 195 Å². The number of anilines is 1. The van der Waals surface area contributed by atoms with Gasteiger partial charge in [-0.1, -0.05) is 30.3 Å². The lowest BCUT2D eigenvalue weighted by molar-refractivity contribution is -0.129. The maximum Gasteiger partial charge on any atom is 0.226 e. The maximum atomic E-state index is 12.4. The molecule has 2 fully saturated rings. The van der Waals surface area contributed by atoms with Crippen LogP contribution in [0.5, 0.6) is 0 Å². The van der Waals surface area contributed by atoms with Gasteiger partial charge in [0.25, 0.3) is 0 Å². The molecule has 0 atom stereocenters. The van der Waals surface area contributed by atoms with Gasteiger partial charge in [-0.2, -0.15) is 15.0 Å². The molecule has 7 heteroatoms. The fraction of sp³-hybridized carbons (Fsp3) is 0.423. The molecule has 7 nitrogen and oxygen atoms in total. The van der Waals surface area contributed by atoms with Crippen LogP contribution >= 0.6 is 0 Å². The van der Waals surface area contributed by atoms with Crippen molar-refractivity contribution in [3.05, 3.63) is 72.1 Å². The van der Waals surface area contributed by atoms with Gasteiger partial charge in [-0.15, -0.1) is 0 Å². The van der Waals surface area contributed by atoms with Gasteiger partial charge in [0.1, 0.15) is 0 Å². The van der Waals surface area contributed by atoms with Crippen LogP contribution in [0.4, 0.5) is 5.69 Å². The Hall–Kier alpha value is -3.19. The largest absolute Gasteiger partial charge is 0.371 e. The highest BCUT2D eigenvalue weighted by atomic mass is 16.2. The van der Waals surface area contributed by atoms with Gasteiger partial charge < -0.3 is 15.1 Å². The monoisotopic (exact) mass is 444 g/mol. The molecule has 1 amide bonds. The molecule has 5 rings (SSSR count). The van der Waals surface area contributed by atoms with Crippen molar-refractivity contribution < 1.29 is 4.79 Å². The number of nitrogens with one attached hydrogen (secondary N) is 1. The molecule has 0 aliphatic carbocycles. The standard InChI is InChI=1S/C26H32N6O/c33-26(31-14-4-5-15-31)18-21-8-10-24(11-9-21)30-16-12-22(13-17-30)27-19-23-20-28-32(29-23)25-6-2-1-3-7-25/h1-3,6-11,20,22,27H,4-5,12-19H2. The van der Waals surface area contributed by atoms with Crippen molar-refractivity contribution in [3.63, 3.8) is 0 Å². The minimum Gasteiger partial charge on any atom is -0.371 e. The first kappa shape index (κ1) is 21.6. The topological polar surface area (TPSA) is 66.3 Å². The lowest BCUT2D eigenvalue weighted by atomic mass is 10.0. The van der Waals surface area contributed by atoms with Crippen molar-refractivity contribution >= 4 is 11.6 Å². The van der Waals surface area contributed by atoms with Crippen LogP contribution < -0.4 is 10.2 Å².